The van der Waals surface area contributed by atoms with Crippen molar-refractivity contribution in [1.29, 1.82) is 0 Å². The fraction of sp³-hybridized carbons (Fsp3) is 0.471. The third-order valence-corrected chi connectivity index (χ3v) is 4.09. The molecular formula is C17H21ClN2O5. The van der Waals surface area contributed by atoms with Gasteiger partial charge >= 0.3 is 5.97 Å². The molecule has 2 atom stereocenters. The average Bonchev–Trinajstić information content (AvgIpc) is 3.06. The normalized spacial score (nSPS) is 19.4. The van der Waals surface area contributed by atoms with Crippen LogP contribution in [-0.2, 0) is 19.1 Å². The molecule has 0 bridgehead atoms. The molecule has 1 saturated heterocycles. The fourth-order valence-corrected chi connectivity index (χ4v) is 2.77. The van der Waals surface area contributed by atoms with Gasteiger partial charge in [-0.1, -0.05) is 18.5 Å². The maximum atomic E-state index is 12.5. The lowest BCUT2D eigenvalue weighted by Gasteiger charge is -2.24. The molecule has 25 heavy (non-hydrogen) atoms. The summed E-state index contributed by atoms with van der Waals surface area (Å²) in [5.74, 6) is -1.76. The van der Waals surface area contributed by atoms with Crippen LogP contribution in [0.1, 0.15) is 26.2 Å². The molecule has 1 aliphatic heterocycles. The van der Waals surface area contributed by atoms with Crippen LogP contribution in [0.4, 0.5) is 5.69 Å². The smallest absolute Gasteiger partial charge is 0.332 e. The molecule has 0 aromatic heterocycles. The number of nitrogens with zero attached hydrogens (tertiary/aromatic N) is 1. The first-order valence-corrected chi connectivity index (χ1v) is 8.51. The molecule has 0 unspecified atom stereocenters. The highest BCUT2D eigenvalue weighted by atomic mass is 35.5. The van der Waals surface area contributed by atoms with Crippen LogP contribution in [0, 0.1) is 0 Å². The maximum absolute atomic E-state index is 12.5. The Kier molecular flexibility index (Phi) is 6.78. The second kappa shape index (κ2) is 8.82. The molecule has 2 N–H and O–H groups in total. The van der Waals surface area contributed by atoms with Gasteiger partial charge in [0.2, 0.25) is 5.91 Å². The summed E-state index contributed by atoms with van der Waals surface area (Å²) in [6.45, 7) is 2.17. The van der Waals surface area contributed by atoms with Gasteiger partial charge in [-0.25, -0.2) is 4.79 Å². The number of carboxylic acid groups (broad SMARTS) is 1. The lowest BCUT2D eigenvalue weighted by molar-refractivity contribution is -0.155. The van der Waals surface area contributed by atoms with Crippen molar-refractivity contribution >= 4 is 35.1 Å². The SMILES string of the molecule is CCCN(CC(=O)Nc1ccc(Cl)cc1)C(=O)[C@@H]1CC[C@H](C(=O)O)O1. The number of ether oxygens (including phenoxy) is 1. The van der Waals surface area contributed by atoms with Crippen molar-refractivity contribution < 1.29 is 24.2 Å². The molecule has 0 radical (unpaired) electrons. The van der Waals surface area contributed by atoms with Crippen LogP contribution in [0.15, 0.2) is 24.3 Å². The number of hydrogen-bond acceptors (Lipinski definition) is 4. The predicted octanol–water partition coefficient (Wildman–Crippen LogP) is 2.15. The van der Waals surface area contributed by atoms with Gasteiger partial charge in [-0.2, -0.15) is 0 Å². The highest BCUT2D eigenvalue weighted by Gasteiger charge is 2.37. The van der Waals surface area contributed by atoms with E-state index in [4.69, 9.17) is 21.4 Å². The van der Waals surface area contributed by atoms with Crippen molar-refractivity contribution in [2.45, 2.75) is 38.4 Å². The molecule has 0 aliphatic carbocycles. The lowest BCUT2D eigenvalue weighted by atomic mass is 10.1. The Balaban J connectivity index is 1.95. The van der Waals surface area contributed by atoms with Gasteiger partial charge in [-0.15, -0.1) is 0 Å². The highest BCUT2D eigenvalue weighted by Crippen LogP contribution is 2.22. The molecule has 2 rings (SSSR count). The van der Waals surface area contributed by atoms with Crippen molar-refractivity contribution in [3.63, 3.8) is 0 Å². The van der Waals surface area contributed by atoms with Crippen molar-refractivity contribution in [2.75, 3.05) is 18.4 Å². The molecule has 0 saturated carbocycles. The number of carboxylic acids is 1. The number of carbonyl (C=O) groups is 3. The number of halogens is 1. The summed E-state index contributed by atoms with van der Waals surface area (Å²) < 4.78 is 5.29. The standard InChI is InChI=1S/C17H21ClN2O5/c1-2-9-20(16(22)13-7-8-14(25-13)17(23)24)10-15(21)19-12-5-3-11(18)4-6-12/h3-6,13-14H,2,7-10H2,1H3,(H,19,21)(H,23,24)/t13-,14+/m0/s1. The van der Waals surface area contributed by atoms with E-state index in [-0.39, 0.29) is 18.4 Å². The van der Waals surface area contributed by atoms with Crippen molar-refractivity contribution in [2.24, 2.45) is 0 Å². The van der Waals surface area contributed by atoms with E-state index in [1.165, 1.54) is 4.90 Å². The second-order valence-electron chi connectivity index (χ2n) is 5.84. The van der Waals surface area contributed by atoms with Gasteiger partial charge in [0.05, 0.1) is 6.54 Å². The Bertz CT molecular complexity index is 634. The molecule has 0 spiro atoms. The monoisotopic (exact) mass is 368 g/mol. The lowest BCUT2D eigenvalue weighted by Crippen LogP contribution is -2.44. The van der Waals surface area contributed by atoms with Crippen LogP contribution in [0.25, 0.3) is 0 Å². The van der Waals surface area contributed by atoms with E-state index in [0.29, 0.717) is 36.5 Å². The molecule has 1 fully saturated rings. The zero-order valence-electron chi connectivity index (χ0n) is 13.9. The van der Waals surface area contributed by atoms with Crippen LogP contribution in [-0.4, -0.2) is 53.1 Å². The number of benzene rings is 1. The van der Waals surface area contributed by atoms with Crippen LogP contribution in [0.2, 0.25) is 5.02 Å². The number of hydrogen-bond donors (Lipinski definition) is 2. The first-order chi connectivity index (χ1) is 11.9. The van der Waals surface area contributed by atoms with Crippen LogP contribution in [0.3, 0.4) is 0 Å². The minimum atomic E-state index is -1.07. The molecule has 1 aromatic carbocycles. The highest BCUT2D eigenvalue weighted by molar-refractivity contribution is 6.30. The van der Waals surface area contributed by atoms with E-state index in [2.05, 4.69) is 5.32 Å². The Morgan fingerprint density at radius 3 is 2.44 bits per heavy atom. The Hall–Kier alpha value is -2.12. The summed E-state index contributed by atoms with van der Waals surface area (Å²) in [6, 6.07) is 6.66. The van der Waals surface area contributed by atoms with Gasteiger partial charge in [0.25, 0.3) is 5.91 Å². The topological polar surface area (TPSA) is 95.9 Å². The summed E-state index contributed by atoms with van der Waals surface area (Å²) in [5, 5.41) is 12.2. The summed E-state index contributed by atoms with van der Waals surface area (Å²) in [4.78, 5) is 37.1. The van der Waals surface area contributed by atoms with Crippen molar-refractivity contribution in [3.8, 4) is 0 Å². The maximum Gasteiger partial charge on any atom is 0.332 e. The van der Waals surface area contributed by atoms with Gasteiger partial charge in [-0.3, -0.25) is 9.59 Å². The molecule has 1 aliphatic rings. The molecule has 1 heterocycles. The Labute approximate surface area is 150 Å². The fourth-order valence-electron chi connectivity index (χ4n) is 2.65. The van der Waals surface area contributed by atoms with E-state index >= 15 is 0 Å². The molecule has 136 valence electrons. The summed E-state index contributed by atoms with van der Waals surface area (Å²) in [5.41, 5.74) is 0.585. The molecule has 2 amide bonds. The zero-order chi connectivity index (χ0) is 18.4. The molecule has 8 heteroatoms. The number of aliphatic carboxylic acids is 1. The summed E-state index contributed by atoms with van der Waals surface area (Å²) >= 11 is 5.80. The van der Waals surface area contributed by atoms with E-state index < -0.39 is 18.2 Å². The first-order valence-electron chi connectivity index (χ1n) is 8.13. The van der Waals surface area contributed by atoms with Crippen molar-refractivity contribution in [3.05, 3.63) is 29.3 Å². The van der Waals surface area contributed by atoms with Gasteiger partial charge in [0.15, 0.2) is 6.10 Å². The van der Waals surface area contributed by atoms with E-state index in [0.717, 1.165) is 0 Å². The van der Waals surface area contributed by atoms with Crippen LogP contribution >= 0.6 is 11.6 Å². The van der Waals surface area contributed by atoms with Crippen LogP contribution in [0.5, 0.6) is 0 Å². The Morgan fingerprint density at radius 1 is 1.24 bits per heavy atom. The van der Waals surface area contributed by atoms with Gasteiger partial charge < -0.3 is 20.1 Å². The largest absolute Gasteiger partial charge is 0.479 e. The molecular weight excluding hydrogens is 348 g/mol. The average molecular weight is 369 g/mol. The molecule has 1 aromatic rings. The third kappa shape index (κ3) is 5.44. The molecule has 7 nitrogen and oxygen atoms in total. The summed E-state index contributed by atoms with van der Waals surface area (Å²) in [6.07, 6.45) is -0.455. The first kappa shape index (κ1) is 19.2. The minimum Gasteiger partial charge on any atom is -0.479 e. The van der Waals surface area contributed by atoms with Crippen molar-refractivity contribution in [1.82, 2.24) is 4.90 Å². The number of carbonyl (C=O) groups excluding carboxylic acids is 2. The van der Waals surface area contributed by atoms with Gasteiger partial charge in [0, 0.05) is 17.3 Å². The predicted molar refractivity (Wildman–Crippen MR) is 92.5 cm³/mol. The Morgan fingerprint density at radius 2 is 1.88 bits per heavy atom. The number of nitrogens with one attached hydrogen (secondary N) is 1. The number of anilines is 1. The van der Waals surface area contributed by atoms with E-state index in [9.17, 15) is 14.4 Å². The summed E-state index contributed by atoms with van der Waals surface area (Å²) in [7, 11) is 0. The minimum absolute atomic E-state index is 0.118. The third-order valence-electron chi connectivity index (χ3n) is 3.84. The van der Waals surface area contributed by atoms with E-state index in [1.807, 2.05) is 6.92 Å². The van der Waals surface area contributed by atoms with Gasteiger partial charge in [-0.05, 0) is 43.5 Å². The van der Waals surface area contributed by atoms with Crippen LogP contribution < -0.4 is 5.32 Å². The quantitative estimate of drug-likeness (QED) is 0.768. The van der Waals surface area contributed by atoms with Gasteiger partial charge in [0.1, 0.15) is 6.10 Å². The van der Waals surface area contributed by atoms with E-state index in [1.54, 1.807) is 24.3 Å². The zero-order valence-corrected chi connectivity index (χ0v) is 14.7. The number of rotatable bonds is 7. The number of amides is 2. The second-order valence-corrected chi connectivity index (χ2v) is 6.28.